The van der Waals surface area contributed by atoms with Gasteiger partial charge in [0.05, 0.1) is 6.54 Å². The van der Waals surface area contributed by atoms with E-state index < -0.39 is 52.6 Å². The van der Waals surface area contributed by atoms with E-state index >= 15 is 0 Å². The summed E-state index contributed by atoms with van der Waals surface area (Å²) in [5.74, 6) is -12.4. The number of aryl methyl sites for hydroxylation is 1. The van der Waals surface area contributed by atoms with E-state index in [0.717, 1.165) is 10.7 Å². The first kappa shape index (κ1) is 20.5. The number of phenols is 5. The minimum absolute atomic E-state index is 0.316. The second kappa shape index (κ2) is 6.75. The number of hydrogen-bond acceptors (Lipinski definition) is 11. The number of benzene rings is 1. The molecule has 1 aromatic carbocycles. The van der Waals surface area contributed by atoms with Crippen LogP contribution in [0.3, 0.4) is 0 Å². The predicted molar refractivity (Wildman–Crippen MR) is 87.8 cm³/mol. The topological polar surface area (TPSA) is 192 Å². The third-order valence-electron chi connectivity index (χ3n) is 3.71. The second-order valence-corrected chi connectivity index (χ2v) is 6.19. The highest BCUT2D eigenvalue weighted by molar-refractivity contribution is 5.69. The van der Waals surface area contributed by atoms with Gasteiger partial charge in [-0.3, -0.25) is 9.42 Å². The Balaban J connectivity index is 2.79. The molecule has 0 fully saturated rings. The zero-order chi connectivity index (χ0) is 20.7. The first-order valence-corrected chi connectivity index (χ1v) is 7.51. The fourth-order valence-corrected chi connectivity index (χ4v) is 2.62. The summed E-state index contributed by atoms with van der Waals surface area (Å²) >= 11 is 0. The number of nitrogens with zero attached hydrogens (tertiary/aromatic N) is 3. The molecular formula is C15H21N3O9. The van der Waals surface area contributed by atoms with Gasteiger partial charge in [-0.15, -0.1) is 0 Å². The number of aromatic hydroxyl groups is 5. The minimum atomic E-state index is -3.03. The number of aromatic nitrogens is 2. The van der Waals surface area contributed by atoms with Gasteiger partial charge >= 0.3 is 0 Å². The van der Waals surface area contributed by atoms with Crippen molar-refractivity contribution in [2.75, 3.05) is 20.6 Å². The molecule has 0 bridgehead atoms. The Kier molecular flexibility index (Phi) is 5.14. The summed E-state index contributed by atoms with van der Waals surface area (Å²) in [6, 6.07) is 1.16. The maximum absolute atomic E-state index is 11.1. The largest absolute Gasteiger partial charge is 0.504 e. The first-order chi connectivity index (χ1) is 12.3. The van der Waals surface area contributed by atoms with E-state index in [1.54, 1.807) is 0 Å². The summed E-state index contributed by atoms with van der Waals surface area (Å²) in [7, 11) is 4.28. The van der Waals surface area contributed by atoms with Crippen LogP contribution in [0.15, 0.2) is 12.3 Å². The molecule has 2 aromatic rings. The van der Waals surface area contributed by atoms with Crippen LogP contribution >= 0.6 is 0 Å². The zero-order valence-electron chi connectivity index (χ0n) is 14.7. The first-order valence-electron chi connectivity index (χ1n) is 7.51. The molecule has 0 aliphatic rings. The molecule has 2 rings (SSSR count). The van der Waals surface area contributed by atoms with Crippen LogP contribution in [0.2, 0.25) is 0 Å². The van der Waals surface area contributed by atoms with Gasteiger partial charge in [0.1, 0.15) is 11.3 Å². The Morgan fingerprint density at radius 2 is 1.44 bits per heavy atom. The molecule has 0 saturated carbocycles. The van der Waals surface area contributed by atoms with Crippen LogP contribution in [0.1, 0.15) is 11.3 Å². The van der Waals surface area contributed by atoms with Crippen LogP contribution < -0.4 is 0 Å². The lowest BCUT2D eigenvalue weighted by atomic mass is 9.97. The number of phenolic OH excluding ortho intramolecular Hbond substituents is 5. The van der Waals surface area contributed by atoms with Gasteiger partial charge in [0.15, 0.2) is 11.5 Å². The Bertz CT molecular complexity index is 820. The van der Waals surface area contributed by atoms with Gasteiger partial charge in [0, 0.05) is 13.2 Å². The van der Waals surface area contributed by atoms with Crippen molar-refractivity contribution < 1.29 is 45.6 Å². The third kappa shape index (κ3) is 3.56. The number of hydrogen-bond donors (Lipinski definition) is 8. The highest BCUT2D eigenvalue weighted by atomic mass is 16.8. The molecule has 0 saturated heterocycles. The maximum atomic E-state index is 11.1. The smallest absolute Gasteiger partial charge is 0.294 e. The second-order valence-electron chi connectivity index (χ2n) is 6.19. The molecule has 27 heavy (non-hydrogen) atoms. The molecule has 0 radical (unpaired) electrons. The Hall–Kier alpha value is -2.77. The van der Waals surface area contributed by atoms with Gasteiger partial charge in [0.2, 0.25) is 23.0 Å². The van der Waals surface area contributed by atoms with E-state index in [0.29, 0.717) is 0 Å². The van der Waals surface area contributed by atoms with Crippen LogP contribution in [0, 0.1) is 0 Å². The summed E-state index contributed by atoms with van der Waals surface area (Å²) in [4.78, 5) is 1.30. The summed E-state index contributed by atoms with van der Waals surface area (Å²) in [6.45, 7) is -0.551. The third-order valence-corrected chi connectivity index (χ3v) is 3.71. The van der Waals surface area contributed by atoms with Crippen molar-refractivity contribution in [3.63, 3.8) is 0 Å². The van der Waals surface area contributed by atoms with Gasteiger partial charge in [-0.25, -0.2) is 0 Å². The monoisotopic (exact) mass is 387 g/mol. The van der Waals surface area contributed by atoms with Crippen LogP contribution in [-0.2, 0) is 17.6 Å². The van der Waals surface area contributed by atoms with Crippen LogP contribution in [0.25, 0.3) is 0 Å². The van der Waals surface area contributed by atoms with Gasteiger partial charge in [-0.1, -0.05) is 0 Å². The number of likely N-dealkylation sites (N-methyl/N-ethyl adjacent to an activating group) is 1. The van der Waals surface area contributed by atoms with Crippen molar-refractivity contribution >= 4 is 0 Å². The van der Waals surface area contributed by atoms with E-state index in [1.807, 2.05) is 0 Å². The summed E-state index contributed by atoms with van der Waals surface area (Å²) in [6.07, 6.45) is 1.19. The van der Waals surface area contributed by atoms with Gasteiger partial charge in [0.25, 0.3) is 5.97 Å². The van der Waals surface area contributed by atoms with E-state index in [1.165, 1.54) is 32.2 Å². The molecule has 8 N–H and O–H groups in total. The predicted octanol–water partition coefficient (Wildman–Crippen LogP) is -1.64. The van der Waals surface area contributed by atoms with Gasteiger partial charge in [-0.2, -0.15) is 5.10 Å². The van der Waals surface area contributed by atoms with Crippen molar-refractivity contribution in [3.05, 3.63) is 23.5 Å². The van der Waals surface area contributed by atoms with Gasteiger partial charge in [-0.05, 0) is 20.2 Å². The molecule has 0 spiro atoms. The SMILES string of the molecule is CN(C)CC(O)(O)OC(O)(c1c(O)c(O)c(O)c(O)c1O)c1ccnn1C. The quantitative estimate of drug-likeness (QED) is 0.161. The Morgan fingerprint density at radius 1 is 0.963 bits per heavy atom. The highest BCUT2D eigenvalue weighted by Crippen LogP contribution is 2.55. The summed E-state index contributed by atoms with van der Waals surface area (Å²) < 4.78 is 6.02. The average molecular weight is 387 g/mol. The fourth-order valence-electron chi connectivity index (χ4n) is 2.62. The molecule has 1 unspecified atom stereocenters. The van der Waals surface area contributed by atoms with Crippen molar-refractivity contribution in [2.24, 2.45) is 7.05 Å². The molecule has 1 atom stereocenters. The lowest BCUT2D eigenvalue weighted by molar-refractivity contribution is -0.413. The molecule has 1 heterocycles. The normalized spacial score (nSPS) is 14.5. The fraction of sp³-hybridized carbons (Fsp3) is 0.400. The number of rotatable bonds is 6. The zero-order valence-corrected chi connectivity index (χ0v) is 14.7. The van der Waals surface area contributed by atoms with E-state index in [4.69, 9.17) is 4.74 Å². The molecule has 0 aliphatic heterocycles. The van der Waals surface area contributed by atoms with Crippen molar-refractivity contribution in [1.29, 1.82) is 0 Å². The number of ether oxygens (including phenoxy) is 1. The average Bonchev–Trinajstić information content (AvgIpc) is 2.96. The molecular weight excluding hydrogens is 366 g/mol. The summed E-state index contributed by atoms with van der Waals surface area (Å²) in [5, 5.41) is 84.5. The Morgan fingerprint density at radius 3 is 1.85 bits per heavy atom. The van der Waals surface area contributed by atoms with Crippen LogP contribution in [0.4, 0.5) is 0 Å². The van der Waals surface area contributed by atoms with Crippen molar-refractivity contribution in [2.45, 2.75) is 11.8 Å². The number of aliphatic hydroxyl groups is 3. The molecule has 1 aromatic heterocycles. The van der Waals surface area contributed by atoms with Gasteiger partial charge < -0.3 is 45.8 Å². The molecule has 0 aliphatic carbocycles. The summed E-state index contributed by atoms with van der Waals surface area (Å²) in [5.41, 5.74) is -1.37. The van der Waals surface area contributed by atoms with Crippen molar-refractivity contribution in [1.82, 2.24) is 14.7 Å². The molecule has 150 valence electrons. The van der Waals surface area contributed by atoms with E-state index in [-0.39, 0.29) is 5.69 Å². The van der Waals surface area contributed by atoms with Crippen LogP contribution in [-0.4, -0.2) is 82.1 Å². The standard InChI is InChI=1S/C15H21N3O9/c1-17(2)6-14(24,25)27-15(26,7-4-5-16-18(7)3)8-9(19)11(21)13(23)12(22)10(8)20/h4-5,19-26H,6H2,1-3H3. The lowest BCUT2D eigenvalue weighted by Gasteiger charge is -2.36. The van der Waals surface area contributed by atoms with E-state index in [9.17, 15) is 40.9 Å². The lowest BCUT2D eigenvalue weighted by Crippen LogP contribution is -2.50. The van der Waals surface area contributed by atoms with Crippen molar-refractivity contribution in [3.8, 4) is 28.7 Å². The minimum Gasteiger partial charge on any atom is -0.504 e. The molecule has 12 heteroatoms. The maximum Gasteiger partial charge on any atom is 0.294 e. The highest BCUT2D eigenvalue weighted by Gasteiger charge is 2.49. The Labute approximate surface area is 153 Å². The molecule has 0 amide bonds. The molecule has 12 nitrogen and oxygen atoms in total. The van der Waals surface area contributed by atoms with E-state index in [2.05, 4.69) is 5.10 Å². The van der Waals surface area contributed by atoms with Crippen LogP contribution in [0.5, 0.6) is 28.7 Å².